The van der Waals surface area contributed by atoms with Crippen molar-refractivity contribution in [2.75, 3.05) is 5.32 Å². The highest BCUT2D eigenvalue weighted by atomic mass is 35.5. The van der Waals surface area contributed by atoms with Crippen LogP contribution < -0.4 is 16.4 Å². The predicted octanol–water partition coefficient (Wildman–Crippen LogP) is 4.81. The second kappa shape index (κ2) is 9.26. The highest BCUT2D eigenvalue weighted by Gasteiger charge is 2.26. The summed E-state index contributed by atoms with van der Waals surface area (Å²) in [5.74, 6) is -0.360. The zero-order valence-electron chi connectivity index (χ0n) is 15.6. The Labute approximate surface area is 188 Å². The van der Waals surface area contributed by atoms with Crippen molar-refractivity contribution in [2.45, 2.75) is 26.2 Å². The molecule has 0 fully saturated rings. The molecule has 0 unspecified atom stereocenters. The Kier molecular flexibility index (Phi) is 6.95. The zero-order valence-corrected chi connectivity index (χ0v) is 18.7. The minimum atomic E-state index is -0.494. The van der Waals surface area contributed by atoms with E-state index in [9.17, 15) is 9.59 Å². The fourth-order valence-corrected chi connectivity index (χ4v) is 5.35. The van der Waals surface area contributed by atoms with E-state index in [0.717, 1.165) is 29.7 Å². The number of halogens is 2. The van der Waals surface area contributed by atoms with Crippen LogP contribution in [0.1, 0.15) is 39.7 Å². The molecule has 152 valence electrons. The summed E-state index contributed by atoms with van der Waals surface area (Å²) in [4.78, 5) is 25.3. The highest BCUT2D eigenvalue weighted by molar-refractivity contribution is 7.80. The van der Waals surface area contributed by atoms with Crippen molar-refractivity contribution < 1.29 is 9.59 Å². The van der Waals surface area contributed by atoms with Gasteiger partial charge in [0.1, 0.15) is 5.00 Å². The summed E-state index contributed by atoms with van der Waals surface area (Å²) in [6.07, 6.45) is 5.63. The Morgan fingerprint density at radius 1 is 1.34 bits per heavy atom. The first-order chi connectivity index (χ1) is 13.7. The van der Waals surface area contributed by atoms with E-state index in [1.165, 1.54) is 17.4 Å². The first kappa shape index (κ1) is 21.8. The lowest BCUT2D eigenvalue weighted by molar-refractivity contribution is -0.115. The largest absolute Gasteiger partial charge is 0.365 e. The van der Waals surface area contributed by atoms with Crippen molar-refractivity contribution in [2.24, 2.45) is 11.7 Å². The van der Waals surface area contributed by atoms with E-state index in [0.29, 0.717) is 32.1 Å². The molecule has 2 aromatic rings. The van der Waals surface area contributed by atoms with Gasteiger partial charge in [0.15, 0.2) is 5.11 Å². The van der Waals surface area contributed by atoms with E-state index in [1.807, 2.05) is 0 Å². The number of carbonyl (C=O) groups is 2. The van der Waals surface area contributed by atoms with Crippen LogP contribution in [0, 0.1) is 5.92 Å². The molecule has 1 aliphatic rings. The first-order valence-corrected chi connectivity index (χ1v) is 10.9. The van der Waals surface area contributed by atoms with Crippen molar-refractivity contribution in [1.29, 1.82) is 0 Å². The molecule has 1 atom stereocenters. The summed E-state index contributed by atoms with van der Waals surface area (Å²) in [5, 5.41) is 7.14. The molecule has 3 rings (SSSR count). The standard InChI is InChI=1S/C20H19Cl2N3O2S2/c1-10-2-6-13-15(8-10)29-19(17(13)18(23)27)25-20(28)24-16(26)7-4-11-3-5-12(21)9-14(11)22/h3-5,7,9-10H,2,6,8H2,1H3,(H2,23,27)(H2,24,25,26,28)/b7-4+/t10-/m0/s1. The third-order valence-electron chi connectivity index (χ3n) is 4.60. The van der Waals surface area contributed by atoms with Gasteiger partial charge in [-0.05, 0) is 66.7 Å². The minimum Gasteiger partial charge on any atom is -0.365 e. The molecule has 1 aromatic heterocycles. The number of anilines is 1. The van der Waals surface area contributed by atoms with Crippen LogP contribution in [0.2, 0.25) is 10.0 Å². The van der Waals surface area contributed by atoms with Crippen molar-refractivity contribution >= 4 is 74.8 Å². The summed E-state index contributed by atoms with van der Waals surface area (Å²) in [5.41, 5.74) is 7.71. The number of amides is 2. The van der Waals surface area contributed by atoms with E-state index >= 15 is 0 Å². The average molecular weight is 468 g/mol. The van der Waals surface area contributed by atoms with Crippen LogP contribution >= 0.6 is 46.8 Å². The Bertz CT molecular complexity index is 1020. The number of fused-ring (bicyclic) bond motifs is 1. The number of thiocarbonyl (C=S) groups is 1. The number of primary amides is 1. The molecule has 5 nitrogen and oxygen atoms in total. The number of benzene rings is 1. The summed E-state index contributed by atoms with van der Waals surface area (Å²) >= 11 is 18.6. The van der Waals surface area contributed by atoms with Crippen molar-refractivity contribution in [3.63, 3.8) is 0 Å². The molecule has 4 N–H and O–H groups in total. The SMILES string of the molecule is C[C@H]1CCc2c(sc(NC(=S)NC(=O)/C=C/c3ccc(Cl)cc3Cl)c2C(N)=O)C1. The normalized spacial score (nSPS) is 15.8. The number of nitrogens with one attached hydrogen (secondary N) is 2. The number of carbonyl (C=O) groups excluding carboxylic acids is 2. The van der Waals surface area contributed by atoms with E-state index in [-0.39, 0.29) is 5.11 Å². The van der Waals surface area contributed by atoms with Crippen LogP contribution in [0.5, 0.6) is 0 Å². The zero-order chi connectivity index (χ0) is 21.1. The van der Waals surface area contributed by atoms with Gasteiger partial charge in [0.2, 0.25) is 5.91 Å². The number of hydrogen-bond donors (Lipinski definition) is 3. The molecule has 0 spiro atoms. The van der Waals surface area contributed by atoms with Gasteiger partial charge in [-0.1, -0.05) is 36.2 Å². The maximum absolute atomic E-state index is 12.2. The molecule has 1 aromatic carbocycles. The van der Waals surface area contributed by atoms with Crippen molar-refractivity contribution in [3.8, 4) is 0 Å². The minimum absolute atomic E-state index is 0.0935. The lowest BCUT2D eigenvalue weighted by Crippen LogP contribution is -2.33. The van der Waals surface area contributed by atoms with Gasteiger partial charge < -0.3 is 11.1 Å². The molecule has 0 bridgehead atoms. The van der Waals surface area contributed by atoms with Crippen LogP contribution in [0.4, 0.5) is 5.00 Å². The Hall–Kier alpha value is -1.93. The molecular formula is C20H19Cl2N3O2S2. The van der Waals surface area contributed by atoms with Crippen molar-refractivity contribution in [1.82, 2.24) is 5.32 Å². The van der Waals surface area contributed by atoms with Gasteiger partial charge in [0.25, 0.3) is 5.91 Å². The molecule has 0 radical (unpaired) electrons. The highest BCUT2D eigenvalue weighted by Crippen LogP contribution is 2.39. The third-order valence-corrected chi connectivity index (χ3v) is 6.53. The molecule has 9 heteroatoms. The third kappa shape index (κ3) is 5.36. The van der Waals surface area contributed by atoms with Gasteiger partial charge in [-0.15, -0.1) is 11.3 Å². The van der Waals surface area contributed by atoms with Crippen LogP contribution in [-0.2, 0) is 17.6 Å². The molecule has 2 amide bonds. The van der Waals surface area contributed by atoms with E-state index in [2.05, 4.69) is 17.6 Å². The molecule has 1 aliphatic carbocycles. The molecule has 0 saturated carbocycles. The average Bonchev–Trinajstić information content (AvgIpc) is 2.97. The van der Waals surface area contributed by atoms with Crippen molar-refractivity contribution in [3.05, 3.63) is 55.9 Å². The van der Waals surface area contributed by atoms with Gasteiger partial charge in [-0.2, -0.15) is 0 Å². The Morgan fingerprint density at radius 3 is 2.79 bits per heavy atom. The van der Waals surface area contributed by atoms with Crippen LogP contribution in [0.25, 0.3) is 6.08 Å². The number of nitrogens with two attached hydrogens (primary N) is 1. The molecule has 0 aliphatic heterocycles. The molecule has 1 heterocycles. The summed E-state index contributed by atoms with van der Waals surface area (Å²) in [6.45, 7) is 2.18. The number of thiophene rings is 1. The van der Waals surface area contributed by atoms with Crippen LogP contribution in [0.3, 0.4) is 0 Å². The van der Waals surface area contributed by atoms with Gasteiger partial charge in [-0.25, -0.2) is 0 Å². The van der Waals surface area contributed by atoms with Gasteiger partial charge in [-0.3, -0.25) is 14.9 Å². The van der Waals surface area contributed by atoms with Crippen LogP contribution in [0.15, 0.2) is 24.3 Å². The fraction of sp³-hybridized carbons (Fsp3) is 0.250. The van der Waals surface area contributed by atoms with Gasteiger partial charge in [0.05, 0.1) is 5.56 Å². The van der Waals surface area contributed by atoms with E-state index in [4.69, 9.17) is 41.2 Å². The topological polar surface area (TPSA) is 84.2 Å². The van der Waals surface area contributed by atoms with Gasteiger partial charge in [0, 0.05) is 21.0 Å². The number of hydrogen-bond acceptors (Lipinski definition) is 4. The second-order valence-electron chi connectivity index (χ2n) is 6.86. The van der Waals surface area contributed by atoms with E-state index < -0.39 is 11.8 Å². The smallest absolute Gasteiger partial charge is 0.251 e. The predicted molar refractivity (Wildman–Crippen MR) is 124 cm³/mol. The maximum atomic E-state index is 12.2. The fourth-order valence-electron chi connectivity index (χ4n) is 3.19. The van der Waals surface area contributed by atoms with E-state index in [1.54, 1.807) is 24.3 Å². The maximum Gasteiger partial charge on any atom is 0.251 e. The van der Waals surface area contributed by atoms with Crippen LogP contribution in [-0.4, -0.2) is 16.9 Å². The summed E-state index contributed by atoms with van der Waals surface area (Å²) in [7, 11) is 0. The monoisotopic (exact) mass is 467 g/mol. The number of rotatable bonds is 4. The summed E-state index contributed by atoms with van der Waals surface area (Å²) < 4.78 is 0. The quantitative estimate of drug-likeness (QED) is 0.445. The Morgan fingerprint density at radius 2 is 2.10 bits per heavy atom. The lowest BCUT2D eigenvalue weighted by atomic mass is 9.88. The lowest BCUT2D eigenvalue weighted by Gasteiger charge is -2.18. The first-order valence-electron chi connectivity index (χ1n) is 8.94. The molecule has 29 heavy (non-hydrogen) atoms. The molecular weight excluding hydrogens is 449 g/mol. The second-order valence-corrected chi connectivity index (χ2v) is 9.22. The molecule has 0 saturated heterocycles. The summed E-state index contributed by atoms with van der Waals surface area (Å²) in [6, 6.07) is 4.99. The Balaban J connectivity index is 1.68. The van der Waals surface area contributed by atoms with Gasteiger partial charge >= 0.3 is 0 Å².